The zero-order valence-electron chi connectivity index (χ0n) is 11.0. The predicted octanol–water partition coefficient (Wildman–Crippen LogP) is -0.846. The van der Waals surface area contributed by atoms with Crippen molar-refractivity contribution in [2.75, 3.05) is 13.6 Å². The van der Waals surface area contributed by atoms with E-state index in [4.69, 9.17) is 5.11 Å². The molecule has 8 nitrogen and oxygen atoms in total. The number of amides is 4. The highest BCUT2D eigenvalue weighted by atomic mass is 16.4. The Morgan fingerprint density at radius 2 is 2.00 bits per heavy atom. The largest absolute Gasteiger partial charge is 0.481 e. The number of rotatable bonds is 4. The highest BCUT2D eigenvalue weighted by Crippen LogP contribution is 2.13. The number of hydrogen-bond acceptors (Lipinski definition) is 4. The SMILES string of the molecule is CN1C(=O)CC(NC(=O)NCC(C)(C)C(=O)O)C1=O. The van der Waals surface area contributed by atoms with Crippen LogP contribution in [0.4, 0.5) is 4.79 Å². The number of likely N-dealkylation sites (tertiary alicyclic amines) is 1. The van der Waals surface area contributed by atoms with E-state index in [1.165, 1.54) is 20.9 Å². The van der Waals surface area contributed by atoms with Crippen LogP contribution in [0.2, 0.25) is 0 Å². The van der Waals surface area contributed by atoms with Crippen LogP contribution in [0.3, 0.4) is 0 Å². The molecule has 0 spiro atoms. The highest BCUT2D eigenvalue weighted by Gasteiger charge is 2.37. The Labute approximate surface area is 110 Å². The van der Waals surface area contributed by atoms with E-state index in [1.807, 2.05) is 0 Å². The summed E-state index contributed by atoms with van der Waals surface area (Å²) in [6.07, 6.45) is -0.0783. The number of likely N-dealkylation sites (N-methyl/N-ethyl adjacent to an activating group) is 1. The Balaban J connectivity index is 2.47. The number of carbonyl (C=O) groups is 4. The van der Waals surface area contributed by atoms with Crippen molar-refractivity contribution in [3.8, 4) is 0 Å². The zero-order valence-corrected chi connectivity index (χ0v) is 11.0. The number of nitrogens with one attached hydrogen (secondary N) is 2. The van der Waals surface area contributed by atoms with Crippen molar-refractivity contribution in [3.05, 3.63) is 0 Å². The molecule has 19 heavy (non-hydrogen) atoms. The summed E-state index contributed by atoms with van der Waals surface area (Å²) in [5, 5.41) is 13.6. The van der Waals surface area contributed by atoms with Crippen LogP contribution in [-0.4, -0.2) is 53.5 Å². The first kappa shape index (κ1) is 14.9. The number of carbonyl (C=O) groups excluding carboxylic acids is 3. The summed E-state index contributed by atoms with van der Waals surface area (Å²) < 4.78 is 0. The first-order valence-electron chi connectivity index (χ1n) is 5.73. The molecule has 0 aromatic heterocycles. The van der Waals surface area contributed by atoms with Crippen LogP contribution in [-0.2, 0) is 14.4 Å². The van der Waals surface area contributed by atoms with Gasteiger partial charge in [-0.3, -0.25) is 19.3 Å². The maximum Gasteiger partial charge on any atom is 0.315 e. The van der Waals surface area contributed by atoms with E-state index >= 15 is 0 Å². The Morgan fingerprint density at radius 3 is 2.42 bits per heavy atom. The predicted molar refractivity (Wildman–Crippen MR) is 64.1 cm³/mol. The zero-order chi connectivity index (χ0) is 14.8. The molecule has 0 aromatic carbocycles. The van der Waals surface area contributed by atoms with E-state index < -0.39 is 29.4 Å². The van der Waals surface area contributed by atoms with Crippen molar-refractivity contribution >= 4 is 23.8 Å². The van der Waals surface area contributed by atoms with E-state index in [2.05, 4.69) is 10.6 Å². The molecule has 1 aliphatic rings. The van der Waals surface area contributed by atoms with Gasteiger partial charge in [-0.2, -0.15) is 0 Å². The summed E-state index contributed by atoms with van der Waals surface area (Å²) in [7, 11) is 1.35. The van der Waals surface area contributed by atoms with E-state index in [-0.39, 0.29) is 18.9 Å². The Morgan fingerprint density at radius 1 is 1.42 bits per heavy atom. The summed E-state index contributed by atoms with van der Waals surface area (Å²) in [6.45, 7) is 2.85. The third-order valence-corrected chi connectivity index (χ3v) is 2.96. The van der Waals surface area contributed by atoms with Gasteiger partial charge in [0.2, 0.25) is 5.91 Å². The molecule has 8 heteroatoms. The van der Waals surface area contributed by atoms with E-state index in [1.54, 1.807) is 0 Å². The normalized spacial score (nSPS) is 19.5. The molecule has 3 N–H and O–H groups in total. The summed E-state index contributed by atoms with van der Waals surface area (Å²) in [6, 6.07) is -1.55. The molecule has 1 rings (SSSR count). The fourth-order valence-electron chi connectivity index (χ4n) is 1.45. The van der Waals surface area contributed by atoms with Crippen LogP contribution in [0.1, 0.15) is 20.3 Å². The van der Waals surface area contributed by atoms with Crippen molar-refractivity contribution in [2.24, 2.45) is 5.41 Å². The van der Waals surface area contributed by atoms with Crippen molar-refractivity contribution in [2.45, 2.75) is 26.3 Å². The van der Waals surface area contributed by atoms with Gasteiger partial charge in [-0.15, -0.1) is 0 Å². The Hall–Kier alpha value is -2.12. The smallest absolute Gasteiger partial charge is 0.315 e. The molecule has 1 fully saturated rings. The second-order valence-corrected chi connectivity index (χ2v) is 5.06. The molecular formula is C11H17N3O5. The van der Waals surface area contributed by atoms with Crippen molar-refractivity contribution in [3.63, 3.8) is 0 Å². The van der Waals surface area contributed by atoms with Crippen molar-refractivity contribution in [1.82, 2.24) is 15.5 Å². The molecule has 1 aliphatic heterocycles. The minimum absolute atomic E-state index is 0.0783. The molecule has 0 bridgehead atoms. The lowest BCUT2D eigenvalue weighted by molar-refractivity contribution is -0.146. The first-order valence-corrected chi connectivity index (χ1v) is 5.73. The van der Waals surface area contributed by atoms with Gasteiger partial charge < -0.3 is 15.7 Å². The van der Waals surface area contributed by atoms with Crippen LogP contribution in [0.15, 0.2) is 0 Å². The molecule has 4 amide bonds. The van der Waals surface area contributed by atoms with Crippen LogP contribution in [0, 0.1) is 5.41 Å². The third kappa shape index (κ3) is 3.43. The van der Waals surface area contributed by atoms with Crippen molar-refractivity contribution in [1.29, 1.82) is 0 Å². The van der Waals surface area contributed by atoms with Crippen molar-refractivity contribution < 1.29 is 24.3 Å². The van der Waals surface area contributed by atoms with Gasteiger partial charge in [-0.1, -0.05) is 0 Å². The monoisotopic (exact) mass is 271 g/mol. The van der Waals surface area contributed by atoms with E-state index in [0.717, 1.165) is 4.90 Å². The second kappa shape index (κ2) is 5.25. The van der Waals surface area contributed by atoms with Gasteiger partial charge in [0.25, 0.3) is 5.91 Å². The summed E-state index contributed by atoms with van der Waals surface area (Å²) >= 11 is 0. The second-order valence-electron chi connectivity index (χ2n) is 5.06. The number of carboxylic acids is 1. The Bertz CT molecular complexity index is 432. The molecule has 0 aliphatic carbocycles. The fourth-order valence-corrected chi connectivity index (χ4v) is 1.45. The standard InChI is InChI=1S/C11H17N3O5/c1-11(2,9(17)18)5-12-10(19)13-6-4-7(15)14(3)8(6)16/h6H,4-5H2,1-3H3,(H,17,18)(H2,12,13,19). The number of imide groups is 1. The van der Waals surface area contributed by atoms with E-state index in [9.17, 15) is 19.2 Å². The van der Waals surface area contributed by atoms with Gasteiger partial charge in [-0.25, -0.2) is 4.79 Å². The maximum absolute atomic E-state index is 11.5. The molecule has 106 valence electrons. The number of hydrogen-bond donors (Lipinski definition) is 3. The third-order valence-electron chi connectivity index (χ3n) is 2.96. The number of carboxylic acid groups (broad SMARTS) is 1. The number of aliphatic carboxylic acids is 1. The van der Waals surface area contributed by atoms with Gasteiger partial charge in [-0.05, 0) is 13.8 Å². The van der Waals surface area contributed by atoms with Gasteiger partial charge in [0.1, 0.15) is 6.04 Å². The lowest BCUT2D eigenvalue weighted by Crippen LogP contribution is -2.48. The molecule has 0 aromatic rings. The van der Waals surface area contributed by atoms with Gasteiger partial charge in [0.05, 0.1) is 11.8 Å². The topological polar surface area (TPSA) is 116 Å². The molecule has 1 heterocycles. The summed E-state index contributed by atoms with van der Waals surface area (Å²) in [5.74, 6) is -1.88. The Kier molecular flexibility index (Phi) is 4.13. The van der Waals surface area contributed by atoms with E-state index in [0.29, 0.717) is 0 Å². The molecule has 1 unspecified atom stereocenters. The van der Waals surface area contributed by atoms with Crippen LogP contribution >= 0.6 is 0 Å². The van der Waals surface area contributed by atoms with Crippen LogP contribution in [0.5, 0.6) is 0 Å². The minimum atomic E-state index is -1.11. The lowest BCUT2D eigenvalue weighted by Gasteiger charge is -2.20. The molecule has 0 radical (unpaired) electrons. The fraction of sp³-hybridized carbons (Fsp3) is 0.636. The molecule has 1 saturated heterocycles. The van der Waals surface area contributed by atoms with Gasteiger partial charge in [0, 0.05) is 13.6 Å². The number of urea groups is 1. The molecule has 1 atom stereocenters. The summed E-state index contributed by atoms with van der Waals surface area (Å²) in [4.78, 5) is 46.1. The first-order chi connectivity index (χ1) is 8.65. The van der Waals surface area contributed by atoms with Crippen LogP contribution in [0.25, 0.3) is 0 Å². The maximum atomic E-state index is 11.5. The summed E-state index contributed by atoms with van der Waals surface area (Å²) in [5.41, 5.74) is -1.11. The quantitative estimate of drug-likeness (QED) is 0.576. The molecule has 0 saturated carbocycles. The average Bonchev–Trinajstić information content (AvgIpc) is 2.54. The average molecular weight is 271 g/mol. The van der Waals surface area contributed by atoms with Crippen LogP contribution < -0.4 is 10.6 Å². The molecular weight excluding hydrogens is 254 g/mol. The minimum Gasteiger partial charge on any atom is -0.481 e. The number of nitrogens with zero attached hydrogens (tertiary/aromatic N) is 1. The van der Waals surface area contributed by atoms with Gasteiger partial charge >= 0.3 is 12.0 Å². The van der Waals surface area contributed by atoms with Gasteiger partial charge in [0.15, 0.2) is 0 Å². The highest BCUT2D eigenvalue weighted by molar-refractivity contribution is 6.06. The lowest BCUT2D eigenvalue weighted by atomic mass is 9.94.